The molecular weight excluding hydrogens is 390 g/mol. The summed E-state index contributed by atoms with van der Waals surface area (Å²) >= 11 is 0. The number of hydrogen-bond acceptors (Lipinski definition) is 7. The molecule has 1 aliphatic carbocycles. The molecule has 0 aromatic carbocycles. The number of pyridine rings is 1. The van der Waals surface area contributed by atoms with E-state index >= 15 is 0 Å². The molecule has 0 amide bonds. The average molecular weight is 413 g/mol. The molecule has 0 bridgehead atoms. The molecule has 1 atom stereocenters. The van der Waals surface area contributed by atoms with Crippen molar-refractivity contribution < 1.29 is 0 Å². The lowest BCUT2D eigenvalue weighted by atomic mass is 10.0. The Balaban J connectivity index is 1.51. The van der Waals surface area contributed by atoms with E-state index < -0.39 is 0 Å². The third-order valence-corrected chi connectivity index (χ3v) is 6.33. The number of fused-ring (bicyclic) bond motifs is 3. The number of rotatable bonds is 4. The molecule has 9 heteroatoms. The molecule has 4 aromatic heterocycles. The standard InChI is InChI=1S/C22H23N9/c1-2-17-21-28-26-14-30(21)18-13-25-22(27-20(18)31(17)16-7-3-4-8-16)29-11-10-24-19(29)15-6-5-9-23-12-15/h5-6,9-14,16-17H,2-4,7-8H2,1H3. The highest BCUT2D eigenvalue weighted by Gasteiger charge is 2.38. The summed E-state index contributed by atoms with van der Waals surface area (Å²) in [6, 6.07) is 4.51. The van der Waals surface area contributed by atoms with Gasteiger partial charge in [-0.15, -0.1) is 10.2 Å². The predicted octanol–water partition coefficient (Wildman–Crippen LogP) is 3.52. The molecular formula is C22H23N9. The molecule has 1 saturated carbocycles. The normalized spacial score (nSPS) is 18.2. The van der Waals surface area contributed by atoms with Crippen LogP contribution in [-0.2, 0) is 0 Å². The topological polar surface area (TPSA) is 90.4 Å². The van der Waals surface area contributed by atoms with Crippen LogP contribution in [0.1, 0.15) is 50.9 Å². The van der Waals surface area contributed by atoms with Crippen molar-refractivity contribution in [2.45, 2.75) is 51.1 Å². The molecule has 1 unspecified atom stereocenters. The summed E-state index contributed by atoms with van der Waals surface area (Å²) in [5.74, 6) is 3.29. The van der Waals surface area contributed by atoms with Crippen LogP contribution in [0.15, 0.2) is 49.4 Å². The zero-order chi connectivity index (χ0) is 20.8. The van der Waals surface area contributed by atoms with Gasteiger partial charge in [0.25, 0.3) is 0 Å². The number of nitrogens with zero attached hydrogens (tertiary/aromatic N) is 9. The van der Waals surface area contributed by atoms with Gasteiger partial charge in [0.05, 0.1) is 12.2 Å². The molecule has 0 spiro atoms. The molecule has 1 aliphatic heterocycles. The third kappa shape index (κ3) is 2.83. The van der Waals surface area contributed by atoms with Gasteiger partial charge in [0.15, 0.2) is 11.6 Å². The lowest BCUT2D eigenvalue weighted by Crippen LogP contribution is -2.42. The Hall–Kier alpha value is -3.62. The first-order valence-corrected chi connectivity index (χ1v) is 10.8. The fourth-order valence-electron chi connectivity index (χ4n) is 4.92. The van der Waals surface area contributed by atoms with Crippen LogP contribution in [0.4, 0.5) is 5.82 Å². The Morgan fingerprint density at radius 2 is 1.97 bits per heavy atom. The maximum atomic E-state index is 5.09. The van der Waals surface area contributed by atoms with Gasteiger partial charge in [-0.2, -0.15) is 4.98 Å². The van der Waals surface area contributed by atoms with Crippen LogP contribution in [0.2, 0.25) is 0 Å². The first-order chi connectivity index (χ1) is 15.3. The maximum absolute atomic E-state index is 5.09. The molecule has 31 heavy (non-hydrogen) atoms. The Kier molecular flexibility index (Phi) is 4.26. The van der Waals surface area contributed by atoms with Crippen LogP contribution in [0, 0.1) is 0 Å². The van der Waals surface area contributed by atoms with Crippen molar-refractivity contribution >= 4 is 5.82 Å². The van der Waals surface area contributed by atoms with Crippen molar-refractivity contribution in [2.24, 2.45) is 0 Å². The average Bonchev–Trinajstić information content (AvgIpc) is 3.59. The van der Waals surface area contributed by atoms with E-state index in [9.17, 15) is 0 Å². The van der Waals surface area contributed by atoms with E-state index in [1.54, 1.807) is 24.9 Å². The molecule has 1 fully saturated rings. The highest BCUT2D eigenvalue weighted by molar-refractivity contribution is 5.63. The van der Waals surface area contributed by atoms with Gasteiger partial charge in [-0.1, -0.05) is 19.8 Å². The van der Waals surface area contributed by atoms with E-state index in [1.165, 1.54) is 25.7 Å². The van der Waals surface area contributed by atoms with Crippen LogP contribution in [0.5, 0.6) is 0 Å². The zero-order valence-corrected chi connectivity index (χ0v) is 17.3. The predicted molar refractivity (Wildman–Crippen MR) is 115 cm³/mol. The van der Waals surface area contributed by atoms with Crippen molar-refractivity contribution in [3.05, 3.63) is 55.3 Å². The van der Waals surface area contributed by atoms with Crippen molar-refractivity contribution in [1.82, 2.24) is 39.3 Å². The Morgan fingerprint density at radius 1 is 1.06 bits per heavy atom. The minimum atomic E-state index is 0.154. The summed E-state index contributed by atoms with van der Waals surface area (Å²) in [5.41, 5.74) is 1.86. The minimum Gasteiger partial charge on any atom is -0.341 e. The fraction of sp³-hybridized carbons (Fsp3) is 0.364. The van der Waals surface area contributed by atoms with E-state index in [2.05, 4.69) is 32.0 Å². The quantitative estimate of drug-likeness (QED) is 0.505. The van der Waals surface area contributed by atoms with Gasteiger partial charge in [0.2, 0.25) is 5.95 Å². The third-order valence-electron chi connectivity index (χ3n) is 6.33. The van der Waals surface area contributed by atoms with E-state index in [0.29, 0.717) is 12.0 Å². The van der Waals surface area contributed by atoms with Gasteiger partial charge in [-0.05, 0) is 31.4 Å². The molecule has 0 saturated heterocycles. The fourth-order valence-corrected chi connectivity index (χ4v) is 4.92. The SMILES string of the molecule is CCC1c2nncn2-c2cnc(-n3ccnc3-c3cccnc3)nc2N1C1CCCC1. The molecule has 9 nitrogen and oxygen atoms in total. The minimum absolute atomic E-state index is 0.154. The molecule has 0 N–H and O–H groups in total. The number of imidazole rings is 1. The second-order valence-corrected chi connectivity index (χ2v) is 8.07. The summed E-state index contributed by atoms with van der Waals surface area (Å²) in [6.07, 6.45) is 16.7. The number of anilines is 1. The van der Waals surface area contributed by atoms with E-state index in [-0.39, 0.29) is 6.04 Å². The van der Waals surface area contributed by atoms with E-state index in [4.69, 9.17) is 9.97 Å². The Labute approximate surface area is 179 Å². The van der Waals surface area contributed by atoms with Crippen LogP contribution in [0.25, 0.3) is 23.0 Å². The Morgan fingerprint density at radius 3 is 2.77 bits per heavy atom. The second-order valence-electron chi connectivity index (χ2n) is 8.07. The van der Waals surface area contributed by atoms with Gasteiger partial charge >= 0.3 is 0 Å². The largest absolute Gasteiger partial charge is 0.341 e. The molecule has 0 radical (unpaired) electrons. The molecule has 6 rings (SSSR count). The summed E-state index contributed by atoms with van der Waals surface area (Å²) in [4.78, 5) is 21.0. The monoisotopic (exact) mass is 413 g/mol. The molecule has 5 heterocycles. The first kappa shape index (κ1) is 18.2. The van der Waals surface area contributed by atoms with Crippen LogP contribution in [0.3, 0.4) is 0 Å². The van der Waals surface area contributed by atoms with Gasteiger partial charge in [-0.25, -0.2) is 9.97 Å². The van der Waals surface area contributed by atoms with Crippen molar-refractivity contribution in [2.75, 3.05) is 4.90 Å². The molecule has 156 valence electrons. The van der Waals surface area contributed by atoms with Crippen LogP contribution >= 0.6 is 0 Å². The van der Waals surface area contributed by atoms with E-state index in [1.807, 2.05) is 33.7 Å². The Bertz CT molecular complexity index is 1210. The number of hydrogen-bond donors (Lipinski definition) is 0. The van der Waals surface area contributed by atoms with Gasteiger partial charge in [0.1, 0.15) is 17.8 Å². The summed E-state index contributed by atoms with van der Waals surface area (Å²) < 4.78 is 3.96. The second kappa shape index (κ2) is 7.26. The highest BCUT2D eigenvalue weighted by atomic mass is 15.4. The van der Waals surface area contributed by atoms with Gasteiger partial charge in [0, 0.05) is 36.4 Å². The molecule has 2 aliphatic rings. The lowest BCUT2D eigenvalue weighted by molar-refractivity contribution is 0.468. The highest BCUT2D eigenvalue weighted by Crippen LogP contribution is 2.42. The van der Waals surface area contributed by atoms with Crippen molar-refractivity contribution in [3.8, 4) is 23.0 Å². The smallest absolute Gasteiger partial charge is 0.237 e. The number of aromatic nitrogens is 8. The summed E-state index contributed by atoms with van der Waals surface area (Å²) in [7, 11) is 0. The summed E-state index contributed by atoms with van der Waals surface area (Å²) in [6.45, 7) is 2.20. The lowest BCUT2D eigenvalue weighted by Gasteiger charge is -2.40. The maximum Gasteiger partial charge on any atom is 0.237 e. The first-order valence-electron chi connectivity index (χ1n) is 10.8. The molecule has 4 aromatic rings. The van der Waals surface area contributed by atoms with Crippen molar-refractivity contribution in [1.29, 1.82) is 0 Å². The zero-order valence-electron chi connectivity index (χ0n) is 17.3. The van der Waals surface area contributed by atoms with Gasteiger partial charge < -0.3 is 4.90 Å². The van der Waals surface area contributed by atoms with Crippen LogP contribution < -0.4 is 4.90 Å². The van der Waals surface area contributed by atoms with Gasteiger partial charge in [-0.3, -0.25) is 14.1 Å². The van der Waals surface area contributed by atoms with Crippen LogP contribution in [-0.4, -0.2) is 45.3 Å². The van der Waals surface area contributed by atoms with Crippen molar-refractivity contribution in [3.63, 3.8) is 0 Å². The van der Waals surface area contributed by atoms with E-state index in [0.717, 1.165) is 35.1 Å². The summed E-state index contributed by atoms with van der Waals surface area (Å²) in [5, 5.41) is 8.65.